The van der Waals surface area contributed by atoms with Gasteiger partial charge in [0.15, 0.2) is 6.10 Å². The third-order valence-electron chi connectivity index (χ3n) is 3.88. The van der Waals surface area contributed by atoms with Gasteiger partial charge in [0.25, 0.3) is 5.91 Å². The zero-order chi connectivity index (χ0) is 19.5. The molecule has 0 aliphatic heterocycles. The molecule has 1 unspecified atom stereocenters. The molecule has 0 aromatic heterocycles. The Morgan fingerprint density at radius 3 is 2.07 bits per heavy atom. The van der Waals surface area contributed by atoms with Crippen molar-refractivity contribution in [1.82, 2.24) is 10.6 Å². The fourth-order valence-electron chi connectivity index (χ4n) is 2.44. The molecule has 0 spiro atoms. The van der Waals surface area contributed by atoms with Gasteiger partial charge in [-0.1, -0.05) is 67.6 Å². The maximum Gasteiger partial charge on any atom is 0.326 e. The van der Waals surface area contributed by atoms with Crippen molar-refractivity contribution in [2.75, 3.05) is 6.54 Å². The smallest absolute Gasteiger partial charge is 0.326 e. The highest BCUT2D eigenvalue weighted by molar-refractivity contribution is 5.86. The monoisotopic (exact) mass is 368 g/mol. The average Bonchev–Trinajstić information content (AvgIpc) is 2.70. The topological polar surface area (TPSA) is 84.5 Å². The Labute approximate surface area is 158 Å². The van der Waals surface area contributed by atoms with E-state index in [1.165, 1.54) is 0 Å². The van der Waals surface area contributed by atoms with Crippen molar-refractivity contribution in [3.8, 4) is 0 Å². The molecule has 0 aliphatic carbocycles. The summed E-state index contributed by atoms with van der Waals surface area (Å²) < 4.78 is 5.18. The number of esters is 1. The minimum atomic E-state index is -0.882. The number of carbonyl (C=O) groups excluding carboxylic acids is 3. The van der Waals surface area contributed by atoms with Crippen molar-refractivity contribution < 1.29 is 19.1 Å². The summed E-state index contributed by atoms with van der Waals surface area (Å²) in [7, 11) is 0. The van der Waals surface area contributed by atoms with Crippen LogP contribution in [0.5, 0.6) is 0 Å². The second kappa shape index (κ2) is 10.8. The molecule has 0 aliphatic rings. The number of carbonyl (C=O) groups is 3. The lowest BCUT2D eigenvalue weighted by Gasteiger charge is -2.16. The number of hydrogen-bond acceptors (Lipinski definition) is 4. The van der Waals surface area contributed by atoms with Gasteiger partial charge in [-0.2, -0.15) is 0 Å². The summed E-state index contributed by atoms with van der Waals surface area (Å²) in [4.78, 5) is 36.0. The van der Waals surface area contributed by atoms with Gasteiger partial charge < -0.3 is 15.4 Å². The molecular formula is C21H24N2O4. The molecular weight excluding hydrogens is 344 g/mol. The van der Waals surface area contributed by atoms with Gasteiger partial charge in [-0.05, 0) is 17.5 Å². The number of hydrogen-bond donors (Lipinski definition) is 2. The Morgan fingerprint density at radius 1 is 0.889 bits per heavy atom. The van der Waals surface area contributed by atoms with Crippen LogP contribution < -0.4 is 10.6 Å². The Morgan fingerprint density at radius 2 is 1.48 bits per heavy atom. The summed E-state index contributed by atoms with van der Waals surface area (Å²) in [5, 5.41) is 5.26. The minimum Gasteiger partial charge on any atom is -0.451 e. The number of amides is 2. The van der Waals surface area contributed by atoms with E-state index in [-0.39, 0.29) is 24.8 Å². The van der Waals surface area contributed by atoms with Crippen LogP contribution >= 0.6 is 0 Å². The van der Waals surface area contributed by atoms with E-state index in [0.717, 1.165) is 11.1 Å². The predicted octanol–water partition coefficient (Wildman–Crippen LogP) is 1.98. The highest BCUT2D eigenvalue weighted by atomic mass is 16.5. The van der Waals surface area contributed by atoms with E-state index < -0.39 is 12.1 Å². The van der Waals surface area contributed by atoms with Crippen LogP contribution in [0.4, 0.5) is 0 Å². The standard InChI is InChI=1S/C21H24N2O4/c1-2-18(21(26)23-14-17-11-7-4-8-12-17)27-20(25)15-22-19(24)13-16-9-5-3-6-10-16/h3-12,18H,2,13-15H2,1H3,(H,22,24)(H,23,26). The molecule has 0 bridgehead atoms. The van der Waals surface area contributed by atoms with Crippen LogP contribution in [0, 0.1) is 0 Å². The Bertz CT molecular complexity index is 747. The molecule has 142 valence electrons. The highest BCUT2D eigenvalue weighted by Gasteiger charge is 2.21. The number of ether oxygens (including phenoxy) is 1. The summed E-state index contributed by atoms with van der Waals surface area (Å²) in [5.74, 6) is -1.27. The molecule has 6 nitrogen and oxygen atoms in total. The Kier molecular flexibility index (Phi) is 8.03. The maximum atomic E-state index is 12.2. The van der Waals surface area contributed by atoms with Crippen molar-refractivity contribution in [1.29, 1.82) is 0 Å². The third-order valence-corrected chi connectivity index (χ3v) is 3.88. The summed E-state index contributed by atoms with van der Waals surface area (Å²) in [5.41, 5.74) is 1.82. The molecule has 2 amide bonds. The van der Waals surface area contributed by atoms with Crippen LogP contribution in [-0.4, -0.2) is 30.4 Å². The molecule has 0 fully saturated rings. The van der Waals surface area contributed by atoms with E-state index in [4.69, 9.17) is 4.74 Å². The van der Waals surface area contributed by atoms with E-state index in [1.54, 1.807) is 6.92 Å². The average molecular weight is 368 g/mol. The first-order valence-electron chi connectivity index (χ1n) is 8.90. The van der Waals surface area contributed by atoms with E-state index >= 15 is 0 Å². The zero-order valence-electron chi connectivity index (χ0n) is 15.3. The SMILES string of the molecule is CCC(OC(=O)CNC(=O)Cc1ccccc1)C(=O)NCc1ccccc1. The molecule has 2 aromatic carbocycles. The third kappa shape index (κ3) is 7.32. The molecule has 2 rings (SSSR count). The van der Waals surface area contributed by atoms with Crippen molar-refractivity contribution in [2.45, 2.75) is 32.4 Å². The second-order valence-electron chi connectivity index (χ2n) is 6.03. The quantitative estimate of drug-likeness (QED) is 0.663. The highest BCUT2D eigenvalue weighted by Crippen LogP contribution is 2.02. The number of rotatable bonds is 9. The molecule has 0 heterocycles. The van der Waals surface area contributed by atoms with Crippen LogP contribution in [0.3, 0.4) is 0 Å². The van der Waals surface area contributed by atoms with Gasteiger partial charge in [-0.25, -0.2) is 0 Å². The lowest BCUT2D eigenvalue weighted by molar-refractivity contribution is -0.155. The summed E-state index contributed by atoms with van der Waals surface area (Å²) in [6, 6.07) is 18.7. The Balaban J connectivity index is 1.73. The largest absolute Gasteiger partial charge is 0.451 e. The molecule has 0 saturated carbocycles. The van der Waals surface area contributed by atoms with Crippen LogP contribution in [0.2, 0.25) is 0 Å². The maximum absolute atomic E-state index is 12.2. The van der Waals surface area contributed by atoms with Gasteiger partial charge >= 0.3 is 5.97 Å². The summed E-state index contributed by atoms with van der Waals surface area (Å²) in [6.07, 6.45) is -0.347. The van der Waals surface area contributed by atoms with E-state index in [1.807, 2.05) is 60.7 Å². The lowest BCUT2D eigenvalue weighted by Crippen LogP contribution is -2.40. The van der Waals surface area contributed by atoms with Crippen LogP contribution in [0.15, 0.2) is 60.7 Å². The predicted molar refractivity (Wildman–Crippen MR) is 102 cm³/mol. The van der Waals surface area contributed by atoms with E-state index in [0.29, 0.717) is 13.0 Å². The molecule has 2 aromatic rings. The first-order valence-corrected chi connectivity index (χ1v) is 8.90. The van der Waals surface area contributed by atoms with Gasteiger partial charge in [-0.3, -0.25) is 14.4 Å². The van der Waals surface area contributed by atoms with Gasteiger partial charge in [-0.15, -0.1) is 0 Å². The van der Waals surface area contributed by atoms with Crippen LogP contribution in [0.1, 0.15) is 24.5 Å². The van der Waals surface area contributed by atoms with Crippen LogP contribution in [-0.2, 0) is 32.1 Å². The second-order valence-corrected chi connectivity index (χ2v) is 6.03. The fourth-order valence-corrected chi connectivity index (χ4v) is 2.44. The lowest BCUT2D eigenvalue weighted by atomic mass is 10.1. The normalized spacial score (nSPS) is 11.3. The molecule has 27 heavy (non-hydrogen) atoms. The van der Waals surface area contributed by atoms with Gasteiger partial charge in [0.05, 0.1) is 6.42 Å². The molecule has 2 N–H and O–H groups in total. The Hall–Kier alpha value is -3.15. The van der Waals surface area contributed by atoms with Gasteiger partial charge in [0, 0.05) is 6.54 Å². The van der Waals surface area contributed by atoms with E-state index in [2.05, 4.69) is 10.6 Å². The zero-order valence-corrected chi connectivity index (χ0v) is 15.3. The molecule has 0 radical (unpaired) electrons. The summed E-state index contributed by atoms with van der Waals surface area (Å²) >= 11 is 0. The molecule has 1 atom stereocenters. The minimum absolute atomic E-state index is 0.183. The number of benzene rings is 2. The molecule has 0 saturated heterocycles. The van der Waals surface area contributed by atoms with E-state index in [9.17, 15) is 14.4 Å². The molecule has 6 heteroatoms. The van der Waals surface area contributed by atoms with Crippen LogP contribution in [0.25, 0.3) is 0 Å². The number of nitrogens with one attached hydrogen (secondary N) is 2. The van der Waals surface area contributed by atoms with Crippen molar-refractivity contribution in [3.05, 3.63) is 71.8 Å². The van der Waals surface area contributed by atoms with Crippen molar-refractivity contribution in [2.24, 2.45) is 0 Å². The first kappa shape index (κ1) is 20.2. The van der Waals surface area contributed by atoms with Crippen molar-refractivity contribution in [3.63, 3.8) is 0 Å². The summed E-state index contributed by atoms with van der Waals surface area (Å²) in [6.45, 7) is 1.85. The van der Waals surface area contributed by atoms with Crippen molar-refractivity contribution >= 4 is 17.8 Å². The first-order chi connectivity index (χ1) is 13.1. The fraction of sp³-hybridized carbons (Fsp3) is 0.286. The van der Waals surface area contributed by atoms with Gasteiger partial charge in [0.2, 0.25) is 5.91 Å². The van der Waals surface area contributed by atoms with Gasteiger partial charge in [0.1, 0.15) is 6.54 Å².